The van der Waals surface area contributed by atoms with Crippen molar-refractivity contribution in [3.05, 3.63) is 17.3 Å². The standard InChI is InChI=1S/C12H16ClN3/c13-10-5-9(14)6-15-12(10)16-11(7-1-2-7)8-3-4-8/h5-8,11H,1-4,14H2,(H,15,16). The van der Waals surface area contributed by atoms with Crippen LogP contribution in [0.1, 0.15) is 25.7 Å². The molecule has 0 saturated heterocycles. The van der Waals surface area contributed by atoms with E-state index in [1.54, 1.807) is 12.3 Å². The summed E-state index contributed by atoms with van der Waals surface area (Å²) in [5, 5.41) is 4.13. The highest BCUT2D eigenvalue weighted by atomic mass is 35.5. The van der Waals surface area contributed by atoms with Crippen LogP contribution < -0.4 is 11.1 Å². The number of aromatic nitrogens is 1. The molecule has 2 saturated carbocycles. The Morgan fingerprint density at radius 3 is 2.44 bits per heavy atom. The van der Waals surface area contributed by atoms with Gasteiger partial charge in [-0.05, 0) is 43.6 Å². The van der Waals surface area contributed by atoms with Crippen LogP contribution in [0, 0.1) is 11.8 Å². The summed E-state index contributed by atoms with van der Waals surface area (Å²) in [6.07, 6.45) is 7.05. The van der Waals surface area contributed by atoms with Crippen LogP contribution >= 0.6 is 11.6 Å². The maximum Gasteiger partial charge on any atom is 0.145 e. The van der Waals surface area contributed by atoms with E-state index in [1.807, 2.05) is 0 Å². The minimum atomic E-state index is 0.577. The molecule has 0 spiro atoms. The van der Waals surface area contributed by atoms with Crippen molar-refractivity contribution in [3.8, 4) is 0 Å². The molecule has 16 heavy (non-hydrogen) atoms. The van der Waals surface area contributed by atoms with Crippen molar-refractivity contribution in [2.75, 3.05) is 11.1 Å². The van der Waals surface area contributed by atoms with Crippen LogP contribution in [-0.4, -0.2) is 11.0 Å². The number of halogens is 1. The third kappa shape index (κ3) is 2.09. The van der Waals surface area contributed by atoms with E-state index in [9.17, 15) is 0 Å². The van der Waals surface area contributed by atoms with Gasteiger partial charge in [-0.3, -0.25) is 0 Å². The Morgan fingerprint density at radius 2 is 1.94 bits per heavy atom. The van der Waals surface area contributed by atoms with Crippen LogP contribution in [0.5, 0.6) is 0 Å². The van der Waals surface area contributed by atoms with Gasteiger partial charge in [-0.15, -0.1) is 0 Å². The summed E-state index contributed by atoms with van der Waals surface area (Å²) in [6.45, 7) is 0. The van der Waals surface area contributed by atoms with Gasteiger partial charge in [-0.1, -0.05) is 11.6 Å². The molecular weight excluding hydrogens is 222 g/mol. The van der Waals surface area contributed by atoms with E-state index in [1.165, 1.54) is 25.7 Å². The number of nitrogens with one attached hydrogen (secondary N) is 1. The third-order valence-corrected chi connectivity index (χ3v) is 3.71. The number of hydrogen-bond donors (Lipinski definition) is 2. The fourth-order valence-electron chi connectivity index (χ4n) is 2.25. The second kappa shape index (κ2) is 3.81. The Labute approximate surface area is 100 Å². The van der Waals surface area contributed by atoms with Crippen LogP contribution in [0.25, 0.3) is 0 Å². The van der Waals surface area contributed by atoms with Crippen molar-refractivity contribution >= 4 is 23.1 Å². The summed E-state index contributed by atoms with van der Waals surface area (Å²) in [5.41, 5.74) is 6.24. The molecule has 0 bridgehead atoms. The number of nitrogen functional groups attached to an aromatic ring is 1. The molecule has 0 aliphatic heterocycles. The van der Waals surface area contributed by atoms with Crippen molar-refractivity contribution in [3.63, 3.8) is 0 Å². The molecule has 0 unspecified atom stereocenters. The van der Waals surface area contributed by atoms with Crippen molar-refractivity contribution in [1.29, 1.82) is 0 Å². The number of rotatable bonds is 4. The van der Waals surface area contributed by atoms with Gasteiger partial charge in [0.15, 0.2) is 0 Å². The predicted molar refractivity (Wildman–Crippen MR) is 66.5 cm³/mol. The highest BCUT2D eigenvalue weighted by molar-refractivity contribution is 6.33. The van der Waals surface area contributed by atoms with E-state index < -0.39 is 0 Å². The molecule has 3 nitrogen and oxygen atoms in total. The normalized spacial score (nSPS) is 20.1. The Bertz CT molecular complexity index is 387. The van der Waals surface area contributed by atoms with E-state index >= 15 is 0 Å². The van der Waals surface area contributed by atoms with Crippen molar-refractivity contribution in [2.24, 2.45) is 11.8 Å². The summed E-state index contributed by atoms with van der Waals surface area (Å²) in [5.74, 6) is 2.46. The quantitative estimate of drug-likeness (QED) is 0.847. The molecule has 2 aliphatic carbocycles. The van der Waals surface area contributed by atoms with Gasteiger partial charge in [0.2, 0.25) is 0 Å². The van der Waals surface area contributed by atoms with Gasteiger partial charge >= 0.3 is 0 Å². The smallest absolute Gasteiger partial charge is 0.145 e. The molecular formula is C12H16ClN3. The Balaban J connectivity index is 1.76. The van der Waals surface area contributed by atoms with Gasteiger partial charge in [0.1, 0.15) is 5.82 Å². The number of pyridine rings is 1. The highest BCUT2D eigenvalue weighted by Crippen LogP contribution is 2.46. The second-order valence-corrected chi connectivity index (χ2v) is 5.35. The maximum atomic E-state index is 6.12. The van der Waals surface area contributed by atoms with Crippen LogP contribution in [0.15, 0.2) is 12.3 Å². The van der Waals surface area contributed by atoms with E-state index in [4.69, 9.17) is 17.3 Å². The van der Waals surface area contributed by atoms with Crippen molar-refractivity contribution in [1.82, 2.24) is 4.98 Å². The number of nitrogens with two attached hydrogens (primary N) is 1. The zero-order chi connectivity index (χ0) is 11.1. The first-order valence-corrected chi connectivity index (χ1v) is 6.29. The van der Waals surface area contributed by atoms with Gasteiger partial charge in [0, 0.05) is 6.04 Å². The topological polar surface area (TPSA) is 50.9 Å². The fraction of sp³-hybridized carbons (Fsp3) is 0.583. The van der Waals surface area contributed by atoms with E-state index in [0.717, 1.165) is 17.7 Å². The minimum Gasteiger partial charge on any atom is -0.397 e. The zero-order valence-corrected chi connectivity index (χ0v) is 9.87. The summed E-state index contributed by atoms with van der Waals surface area (Å²) in [7, 11) is 0. The Hall–Kier alpha value is -0.960. The van der Waals surface area contributed by atoms with E-state index in [-0.39, 0.29) is 0 Å². The monoisotopic (exact) mass is 237 g/mol. The van der Waals surface area contributed by atoms with E-state index in [2.05, 4.69) is 10.3 Å². The molecule has 1 heterocycles. The van der Waals surface area contributed by atoms with Crippen molar-refractivity contribution < 1.29 is 0 Å². The summed E-state index contributed by atoms with van der Waals surface area (Å²) in [4.78, 5) is 4.27. The fourth-order valence-corrected chi connectivity index (χ4v) is 2.48. The second-order valence-electron chi connectivity index (χ2n) is 4.94. The lowest BCUT2D eigenvalue weighted by molar-refractivity contribution is 0.566. The van der Waals surface area contributed by atoms with Crippen molar-refractivity contribution in [2.45, 2.75) is 31.7 Å². The highest BCUT2D eigenvalue weighted by Gasteiger charge is 2.41. The lowest BCUT2D eigenvalue weighted by Crippen LogP contribution is -2.25. The Kier molecular flexibility index (Phi) is 2.43. The first-order chi connectivity index (χ1) is 7.74. The van der Waals surface area contributed by atoms with Crippen LogP contribution in [-0.2, 0) is 0 Å². The van der Waals surface area contributed by atoms with Gasteiger partial charge in [0.05, 0.1) is 16.9 Å². The molecule has 0 atom stereocenters. The molecule has 2 aliphatic rings. The van der Waals surface area contributed by atoms with Crippen LogP contribution in [0.3, 0.4) is 0 Å². The number of hydrogen-bond acceptors (Lipinski definition) is 3. The van der Waals surface area contributed by atoms with Crippen LogP contribution in [0.2, 0.25) is 5.02 Å². The van der Waals surface area contributed by atoms with E-state index in [0.29, 0.717) is 16.8 Å². The number of anilines is 2. The SMILES string of the molecule is Nc1cnc(NC(C2CC2)C2CC2)c(Cl)c1. The lowest BCUT2D eigenvalue weighted by atomic mass is 10.1. The van der Waals surface area contributed by atoms with Crippen LogP contribution in [0.4, 0.5) is 11.5 Å². The largest absolute Gasteiger partial charge is 0.397 e. The molecule has 1 aromatic heterocycles. The molecule has 1 aromatic rings. The summed E-state index contributed by atoms with van der Waals surface area (Å²) >= 11 is 6.12. The average Bonchev–Trinajstić information content (AvgIpc) is 3.11. The Morgan fingerprint density at radius 1 is 1.31 bits per heavy atom. The lowest BCUT2D eigenvalue weighted by Gasteiger charge is -2.19. The van der Waals surface area contributed by atoms with Gasteiger partial charge in [-0.2, -0.15) is 0 Å². The first-order valence-electron chi connectivity index (χ1n) is 5.91. The molecule has 0 amide bonds. The summed E-state index contributed by atoms with van der Waals surface area (Å²) < 4.78 is 0. The molecule has 3 rings (SSSR count). The molecule has 2 fully saturated rings. The minimum absolute atomic E-state index is 0.577. The molecule has 0 radical (unpaired) electrons. The van der Waals surface area contributed by atoms with Gasteiger partial charge < -0.3 is 11.1 Å². The number of nitrogens with zero attached hydrogens (tertiary/aromatic N) is 1. The molecule has 86 valence electrons. The summed E-state index contributed by atoms with van der Waals surface area (Å²) in [6, 6.07) is 2.34. The first kappa shape index (κ1) is 10.2. The average molecular weight is 238 g/mol. The van der Waals surface area contributed by atoms with Gasteiger partial charge in [-0.25, -0.2) is 4.98 Å². The predicted octanol–water partition coefficient (Wildman–Crippen LogP) is 2.92. The molecule has 0 aromatic carbocycles. The maximum absolute atomic E-state index is 6.12. The van der Waals surface area contributed by atoms with Gasteiger partial charge in [0.25, 0.3) is 0 Å². The molecule has 4 heteroatoms. The zero-order valence-electron chi connectivity index (χ0n) is 9.12. The third-order valence-electron chi connectivity index (χ3n) is 3.43. The molecule has 3 N–H and O–H groups in total.